The van der Waals surface area contributed by atoms with Crippen molar-refractivity contribution in [1.29, 1.82) is 0 Å². The smallest absolute Gasteiger partial charge is 0.311 e. The van der Waals surface area contributed by atoms with Gasteiger partial charge in [-0.2, -0.15) is 0 Å². The van der Waals surface area contributed by atoms with Crippen molar-refractivity contribution in [3.8, 4) is 11.5 Å². The van der Waals surface area contributed by atoms with Crippen LogP contribution < -0.4 is 25.4 Å². The summed E-state index contributed by atoms with van der Waals surface area (Å²) in [7, 11) is 3.03. The highest BCUT2D eigenvalue weighted by Crippen LogP contribution is 2.29. The number of anilines is 2. The molecule has 0 saturated heterocycles. The molecule has 0 aliphatic heterocycles. The second-order valence-corrected chi connectivity index (χ2v) is 12.1. The van der Waals surface area contributed by atoms with E-state index in [-0.39, 0.29) is 30.6 Å². The SMILES string of the molecule is CCOC(=O)Cc1csc(NC(=O)C(C)Sc2cccc(NC(=O)/C(=C\c3cc(OC)ccc3OC)NC(=O)c3ccccc3)c2)n1. The summed E-state index contributed by atoms with van der Waals surface area (Å²) in [5.41, 5.74) is 1.84. The number of nitrogens with one attached hydrogen (secondary N) is 3. The minimum atomic E-state index is -0.575. The third-order valence-corrected chi connectivity index (χ3v) is 8.35. The van der Waals surface area contributed by atoms with Gasteiger partial charge in [0.25, 0.3) is 11.8 Å². The number of carbonyl (C=O) groups is 4. The molecule has 11 nitrogen and oxygen atoms in total. The Bertz CT molecular complexity index is 1760. The lowest BCUT2D eigenvalue weighted by Crippen LogP contribution is -2.30. The molecular formula is C34H34N4O7S2. The maximum Gasteiger partial charge on any atom is 0.311 e. The number of carbonyl (C=O) groups excluding carboxylic acids is 4. The number of thioether (sulfide) groups is 1. The largest absolute Gasteiger partial charge is 0.497 e. The predicted molar refractivity (Wildman–Crippen MR) is 183 cm³/mol. The Morgan fingerprint density at radius 3 is 2.47 bits per heavy atom. The highest BCUT2D eigenvalue weighted by atomic mass is 32.2. The molecule has 1 unspecified atom stereocenters. The fourth-order valence-corrected chi connectivity index (χ4v) is 5.81. The lowest BCUT2D eigenvalue weighted by atomic mass is 10.1. The second-order valence-electron chi connectivity index (χ2n) is 9.84. The average Bonchev–Trinajstić information content (AvgIpc) is 3.50. The maximum atomic E-state index is 13.6. The fraction of sp³-hybridized carbons (Fsp3) is 0.206. The number of rotatable bonds is 14. The van der Waals surface area contributed by atoms with Crippen LogP contribution in [0.2, 0.25) is 0 Å². The molecule has 4 rings (SSSR count). The number of hydrogen-bond acceptors (Lipinski definition) is 10. The van der Waals surface area contributed by atoms with Crippen LogP contribution in [0.1, 0.15) is 35.5 Å². The summed E-state index contributed by atoms with van der Waals surface area (Å²) in [5.74, 6) is -0.680. The minimum Gasteiger partial charge on any atom is -0.497 e. The third kappa shape index (κ3) is 10.2. The highest BCUT2D eigenvalue weighted by Gasteiger charge is 2.19. The molecule has 0 spiro atoms. The minimum absolute atomic E-state index is 0.0259. The summed E-state index contributed by atoms with van der Waals surface area (Å²) in [6, 6.07) is 20.7. The summed E-state index contributed by atoms with van der Waals surface area (Å²) in [5, 5.41) is 9.91. The molecule has 0 radical (unpaired) electrons. The Morgan fingerprint density at radius 1 is 0.957 bits per heavy atom. The molecule has 244 valence electrons. The van der Waals surface area contributed by atoms with E-state index in [4.69, 9.17) is 14.2 Å². The van der Waals surface area contributed by atoms with E-state index in [2.05, 4.69) is 20.9 Å². The van der Waals surface area contributed by atoms with E-state index in [1.54, 1.807) is 86.0 Å². The topological polar surface area (TPSA) is 145 Å². The van der Waals surface area contributed by atoms with Crippen LogP contribution in [0.25, 0.3) is 6.08 Å². The third-order valence-electron chi connectivity index (χ3n) is 6.45. The first-order valence-corrected chi connectivity index (χ1v) is 16.2. The average molecular weight is 675 g/mol. The molecule has 3 amide bonds. The van der Waals surface area contributed by atoms with Gasteiger partial charge in [-0.05, 0) is 68.5 Å². The number of aromatic nitrogens is 1. The summed E-state index contributed by atoms with van der Waals surface area (Å²) in [6.45, 7) is 3.77. The van der Waals surface area contributed by atoms with Crippen LogP contribution in [0.4, 0.5) is 10.8 Å². The number of thiazole rings is 1. The molecule has 4 aromatic rings. The van der Waals surface area contributed by atoms with Gasteiger partial charge in [-0.25, -0.2) is 4.98 Å². The molecule has 0 aliphatic carbocycles. The number of hydrogen-bond donors (Lipinski definition) is 3. The van der Waals surface area contributed by atoms with Gasteiger partial charge < -0.3 is 30.2 Å². The first-order valence-electron chi connectivity index (χ1n) is 14.5. The van der Waals surface area contributed by atoms with Crippen molar-refractivity contribution in [3.05, 3.63) is 101 Å². The van der Waals surface area contributed by atoms with E-state index >= 15 is 0 Å². The van der Waals surface area contributed by atoms with Crippen LogP contribution in [0.15, 0.2) is 88.8 Å². The Morgan fingerprint density at radius 2 is 1.74 bits per heavy atom. The highest BCUT2D eigenvalue weighted by molar-refractivity contribution is 8.00. The molecule has 0 fully saturated rings. The molecule has 47 heavy (non-hydrogen) atoms. The lowest BCUT2D eigenvalue weighted by Gasteiger charge is -2.14. The van der Waals surface area contributed by atoms with Crippen LogP contribution in [0.5, 0.6) is 11.5 Å². The van der Waals surface area contributed by atoms with E-state index in [9.17, 15) is 19.2 Å². The van der Waals surface area contributed by atoms with Crippen LogP contribution in [-0.4, -0.2) is 54.8 Å². The van der Waals surface area contributed by atoms with Crippen molar-refractivity contribution >= 4 is 63.7 Å². The molecule has 1 heterocycles. The Balaban J connectivity index is 1.48. The molecule has 0 bridgehead atoms. The normalized spacial score (nSPS) is 11.6. The van der Waals surface area contributed by atoms with Crippen molar-refractivity contribution < 1.29 is 33.4 Å². The molecule has 3 N–H and O–H groups in total. The molecule has 0 aliphatic rings. The van der Waals surface area contributed by atoms with Gasteiger partial charge in [0.15, 0.2) is 5.13 Å². The van der Waals surface area contributed by atoms with Gasteiger partial charge in [0, 0.05) is 27.1 Å². The van der Waals surface area contributed by atoms with Gasteiger partial charge >= 0.3 is 5.97 Å². The van der Waals surface area contributed by atoms with Crippen molar-refractivity contribution in [2.24, 2.45) is 0 Å². The van der Waals surface area contributed by atoms with Crippen molar-refractivity contribution in [2.45, 2.75) is 30.4 Å². The van der Waals surface area contributed by atoms with Gasteiger partial charge in [0.2, 0.25) is 5.91 Å². The van der Waals surface area contributed by atoms with E-state index in [1.165, 1.54) is 43.4 Å². The van der Waals surface area contributed by atoms with Crippen LogP contribution >= 0.6 is 23.1 Å². The van der Waals surface area contributed by atoms with Gasteiger partial charge in [0.1, 0.15) is 17.2 Å². The summed E-state index contributed by atoms with van der Waals surface area (Å²) < 4.78 is 15.7. The Hall–Kier alpha value is -5.14. The monoisotopic (exact) mass is 674 g/mol. The molecule has 1 aromatic heterocycles. The van der Waals surface area contributed by atoms with E-state index < -0.39 is 17.1 Å². The first-order chi connectivity index (χ1) is 22.7. The molecule has 0 saturated carbocycles. The van der Waals surface area contributed by atoms with Crippen LogP contribution in [0.3, 0.4) is 0 Å². The number of esters is 1. The molecule has 1 atom stereocenters. The zero-order valence-corrected chi connectivity index (χ0v) is 27.8. The molecular weight excluding hydrogens is 641 g/mol. The van der Waals surface area contributed by atoms with E-state index in [0.717, 1.165) is 4.90 Å². The summed E-state index contributed by atoms with van der Waals surface area (Å²) in [6.07, 6.45) is 1.54. The fourth-order valence-electron chi connectivity index (χ4n) is 4.17. The zero-order chi connectivity index (χ0) is 33.8. The van der Waals surface area contributed by atoms with E-state index in [0.29, 0.717) is 39.1 Å². The number of ether oxygens (including phenoxy) is 3. The standard InChI is InChI=1S/C34H34N4O7S2/c1-5-45-30(39)19-25-20-46-34(36-25)38-31(40)21(2)47-27-13-9-12-24(18-27)35-33(42)28(37-32(41)22-10-7-6-8-11-22)17-23-16-26(43-3)14-15-29(23)44-4/h6-18,20-21H,5,19H2,1-4H3,(H,35,42)(H,37,41)(H,36,38,40)/b28-17+. The number of methoxy groups -OCH3 is 2. The van der Waals surface area contributed by atoms with Gasteiger partial charge in [-0.15, -0.1) is 23.1 Å². The first kappa shape index (κ1) is 34.7. The van der Waals surface area contributed by atoms with Gasteiger partial charge in [-0.3, -0.25) is 19.2 Å². The lowest BCUT2D eigenvalue weighted by molar-refractivity contribution is -0.142. The molecule has 13 heteroatoms. The Kier molecular flexibility index (Phi) is 12.5. The number of amides is 3. The Labute approximate surface area is 280 Å². The van der Waals surface area contributed by atoms with Crippen LogP contribution in [0, 0.1) is 0 Å². The van der Waals surface area contributed by atoms with Crippen LogP contribution in [-0.2, 0) is 25.5 Å². The molecule has 3 aromatic carbocycles. The number of benzene rings is 3. The van der Waals surface area contributed by atoms with Gasteiger partial charge in [0.05, 0.1) is 38.2 Å². The summed E-state index contributed by atoms with van der Waals surface area (Å²) >= 11 is 2.51. The van der Waals surface area contributed by atoms with Crippen molar-refractivity contribution in [2.75, 3.05) is 31.5 Å². The van der Waals surface area contributed by atoms with Gasteiger partial charge in [-0.1, -0.05) is 24.3 Å². The quantitative estimate of drug-likeness (QED) is 0.0859. The second kappa shape index (κ2) is 17.0. The van der Waals surface area contributed by atoms with E-state index in [1.807, 2.05) is 6.07 Å². The summed E-state index contributed by atoms with van der Waals surface area (Å²) in [4.78, 5) is 56.3. The van der Waals surface area contributed by atoms with Crippen molar-refractivity contribution in [3.63, 3.8) is 0 Å². The van der Waals surface area contributed by atoms with Crippen molar-refractivity contribution in [1.82, 2.24) is 10.3 Å². The maximum absolute atomic E-state index is 13.6. The zero-order valence-electron chi connectivity index (χ0n) is 26.2. The number of nitrogens with zero attached hydrogens (tertiary/aromatic N) is 1. The predicted octanol–water partition coefficient (Wildman–Crippen LogP) is 5.79.